The Morgan fingerprint density at radius 1 is 0.838 bits per heavy atom. The summed E-state index contributed by atoms with van der Waals surface area (Å²) < 4.78 is 25.9. The quantitative estimate of drug-likeness (QED) is 0.162. The molecule has 1 unspecified atom stereocenters. The molecule has 1 atom stereocenters. The average molecular weight is 515 g/mol. The Bertz CT molecular complexity index is 998. The number of carbonyl (C=O) groups is 3. The molecule has 0 saturated heterocycles. The van der Waals surface area contributed by atoms with E-state index in [1.807, 2.05) is 66.7 Å². The molecule has 0 aliphatic heterocycles. The third kappa shape index (κ3) is 8.73. The smallest absolute Gasteiger partial charge is 0.353 e. The zero-order valence-corrected chi connectivity index (χ0v) is 21.4. The number of para-hydroxylation sites is 1. The molecule has 0 bridgehead atoms. The minimum Gasteiger partial charge on any atom is -0.464 e. The van der Waals surface area contributed by atoms with Gasteiger partial charge in [-0.25, -0.2) is 14.4 Å². The minimum atomic E-state index is -2.99. The van der Waals surface area contributed by atoms with Crippen LogP contribution in [0.15, 0.2) is 60.7 Å². The lowest BCUT2D eigenvalue weighted by atomic mass is 9.96. The number of esters is 3. The first kappa shape index (κ1) is 29.5. The van der Waals surface area contributed by atoms with Crippen molar-refractivity contribution in [3.8, 4) is 11.5 Å². The van der Waals surface area contributed by atoms with Gasteiger partial charge in [0.05, 0.1) is 19.8 Å². The standard InChI is InChI=1S/C28H34O9/c1-4-33-25(29)24(28(32,26(30)34-5-2)27(31)35-6-3)36-20-12-8-9-13-21-16-18-23(19-17-21)37-22-14-10-7-11-15-22/h7,9-11,13-19,24,32H,4-6,8,12,20H2,1-3H3/b13-9+. The van der Waals surface area contributed by atoms with Crippen LogP contribution in [0.1, 0.15) is 39.2 Å². The van der Waals surface area contributed by atoms with Gasteiger partial charge in [0.1, 0.15) is 11.5 Å². The van der Waals surface area contributed by atoms with Crippen molar-refractivity contribution in [2.24, 2.45) is 0 Å². The van der Waals surface area contributed by atoms with E-state index in [0.29, 0.717) is 12.8 Å². The number of unbranched alkanes of at least 4 members (excludes halogenated alkanes) is 1. The number of hydrogen-bond donors (Lipinski definition) is 1. The zero-order valence-electron chi connectivity index (χ0n) is 21.4. The van der Waals surface area contributed by atoms with E-state index in [1.165, 1.54) is 13.8 Å². The van der Waals surface area contributed by atoms with Crippen LogP contribution >= 0.6 is 0 Å². The molecule has 0 aromatic heterocycles. The second-order valence-electron chi connectivity index (χ2n) is 7.74. The molecule has 0 amide bonds. The number of rotatable bonds is 15. The van der Waals surface area contributed by atoms with Gasteiger partial charge in [-0.15, -0.1) is 0 Å². The maximum atomic E-state index is 12.5. The summed E-state index contributed by atoms with van der Waals surface area (Å²) in [6.07, 6.45) is 2.89. The van der Waals surface area contributed by atoms with Gasteiger partial charge >= 0.3 is 17.9 Å². The van der Waals surface area contributed by atoms with Gasteiger partial charge in [-0.1, -0.05) is 42.5 Å². The SMILES string of the molecule is CCOC(=O)C(OCCC/C=C/c1ccc(Oc2ccccc2)cc1)C(O)(C(=O)OCC)C(=O)OCC. The van der Waals surface area contributed by atoms with Gasteiger partial charge in [-0.2, -0.15) is 0 Å². The summed E-state index contributed by atoms with van der Waals surface area (Å²) in [4.78, 5) is 37.4. The van der Waals surface area contributed by atoms with Crippen LogP contribution in [0.3, 0.4) is 0 Å². The Labute approximate surface area is 216 Å². The fourth-order valence-electron chi connectivity index (χ4n) is 3.25. The van der Waals surface area contributed by atoms with E-state index in [2.05, 4.69) is 0 Å². The Hall–Kier alpha value is -3.69. The summed E-state index contributed by atoms with van der Waals surface area (Å²) in [5, 5.41) is 10.9. The van der Waals surface area contributed by atoms with Gasteiger partial charge in [0.25, 0.3) is 5.60 Å². The van der Waals surface area contributed by atoms with Crippen molar-refractivity contribution in [3.63, 3.8) is 0 Å². The minimum absolute atomic E-state index is 0.0429. The summed E-state index contributed by atoms with van der Waals surface area (Å²) in [6, 6.07) is 17.0. The predicted octanol–water partition coefficient (Wildman–Crippen LogP) is 4.08. The van der Waals surface area contributed by atoms with E-state index >= 15 is 0 Å². The zero-order chi connectivity index (χ0) is 27.1. The molecule has 0 aliphatic carbocycles. The number of allylic oxidation sites excluding steroid dienone is 1. The van der Waals surface area contributed by atoms with E-state index < -0.39 is 29.6 Å². The maximum absolute atomic E-state index is 12.5. The summed E-state index contributed by atoms with van der Waals surface area (Å²) in [5.74, 6) is -2.28. The van der Waals surface area contributed by atoms with Crippen molar-refractivity contribution in [3.05, 3.63) is 66.2 Å². The highest BCUT2D eigenvalue weighted by molar-refractivity contribution is 6.08. The molecule has 2 rings (SSSR count). The van der Waals surface area contributed by atoms with Crippen molar-refractivity contribution < 1.29 is 43.2 Å². The van der Waals surface area contributed by atoms with Crippen LogP contribution in [0.5, 0.6) is 11.5 Å². The third-order valence-electron chi connectivity index (χ3n) is 5.02. The summed E-state index contributed by atoms with van der Waals surface area (Å²) in [5.41, 5.74) is -2.03. The highest BCUT2D eigenvalue weighted by atomic mass is 16.6. The first-order valence-electron chi connectivity index (χ1n) is 12.2. The Morgan fingerprint density at radius 3 is 1.97 bits per heavy atom. The lowest BCUT2D eigenvalue weighted by molar-refractivity contribution is -0.208. The fourth-order valence-corrected chi connectivity index (χ4v) is 3.25. The van der Waals surface area contributed by atoms with Crippen molar-refractivity contribution in [2.75, 3.05) is 26.4 Å². The van der Waals surface area contributed by atoms with E-state index in [-0.39, 0.29) is 26.4 Å². The molecule has 0 radical (unpaired) electrons. The second-order valence-corrected chi connectivity index (χ2v) is 7.74. The van der Waals surface area contributed by atoms with Gasteiger partial charge in [0.15, 0.2) is 0 Å². The summed E-state index contributed by atoms with van der Waals surface area (Å²) in [7, 11) is 0. The largest absolute Gasteiger partial charge is 0.464 e. The monoisotopic (exact) mass is 514 g/mol. The lowest BCUT2D eigenvalue weighted by Crippen LogP contribution is -2.61. The van der Waals surface area contributed by atoms with E-state index in [1.54, 1.807) is 6.92 Å². The number of hydrogen-bond acceptors (Lipinski definition) is 9. The molecule has 2 aromatic rings. The first-order valence-corrected chi connectivity index (χ1v) is 12.2. The van der Waals surface area contributed by atoms with Crippen LogP contribution < -0.4 is 4.74 Å². The van der Waals surface area contributed by atoms with Crippen molar-refractivity contribution >= 4 is 24.0 Å². The molecule has 37 heavy (non-hydrogen) atoms. The Kier molecular flexibility index (Phi) is 12.3. The van der Waals surface area contributed by atoms with Gasteiger partial charge in [0.2, 0.25) is 6.10 Å². The molecular formula is C28H34O9. The highest BCUT2D eigenvalue weighted by Gasteiger charge is 2.58. The average Bonchev–Trinajstić information content (AvgIpc) is 2.89. The molecule has 0 fully saturated rings. The highest BCUT2D eigenvalue weighted by Crippen LogP contribution is 2.23. The van der Waals surface area contributed by atoms with Crippen molar-refractivity contribution in [1.29, 1.82) is 0 Å². The van der Waals surface area contributed by atoms with Gasteiger partial charge < -0.3 is 28.8 Å². The topological polar surface area (TPSA) is 118 Å². The maximum Gasteiger partial charge on any atom is 0.353 e. The molecule has 0 saturated carbocycles. The first-order chi connectivity index (χ1) is 17.9. The Balaban J connectivity index is 1.96. The van der Waals surface area contributed by atoms with E-state index in [0.717, 1.165) is 17.1 Å². The van der Waals surface area contributed by atoms with Gasteiger partial charge in [0, 0.05) is 6.61 Å². The third-order valence-corrected chi connectivity index (χ3v) is 5.02. The van der Waals surface area contributed by atoms with Crippen LogP contribution in [0.4, 0.5) is 0 Å². The number of ether oxygens (including phenoxy) is 5. The molecule has 2 aromatic carbocycles. The number of carbonyl (C=O) groups excluding carboxylic acids is 3. The normalized spacial score (nSPS) is 12.1. The second kappa shape index (κ2) is 15.4. The summed E-state index contributed by atoms with van der Waals surface area (Å²) >= 11 is 0. The van der Waals surface area contributed by atoms with Crippen LogP contribution in [-0.4, -0.2) is 61.1 Å². The van der Waals surface area contributed by atoms with Gasteiger partial charge in [-0.3, -0.25) is 0 Å². The number of aliphatic hydroxyl groups is 1. The van der Waals surface area contributed by atoms with E-state index in [4.69, 9.17) is 23.7 Å². The predicted molar refractivity (Wildman–Crippen MR) is 136 cm³/mol. The van der Waals surface area contributed by atoms with Crippen molar-refractivity contribution in [1.82, 2.24) is 0 Å². The van der Waals surface area contributed by atoms with Gasteiger partial charge in [-0.05, 0) is 63.4 Å². The van der Waals surface area contributed by atoms with Crippen LogP contribution in [0.2, 0.25) is 0 Å². The molecule has 9 nitrogen and oxygen atoms in total. The molecule has 200 valence electrons. The van der Waals surface area contributed by atoms with Crippen LogP contribution in [0.25, 0.3) is 6.08 Å². The summed E-state index contributed by atoms with van der Waals surface area (Å²) in [6.45, 7) is 4.21. The van der Waals surface area contributed by atoms with Crippen LogP contribution in [-0.2, 0) is 33.3 Å². The molecule has 1 N–H and O–H groups in total. The molecule has 9 heteroatoms. The molecule has 0 aliphatic rings. The number of benzene rings is 2. The molecular weight excluding hydrogens is 480 g/mol. The molecule has 0 spiro atoms. The molecule has 0 heterocycles. The lowest BCUT2D eigenvalue weighted by Gasteiger charge is -2.30. The van der Waals surface area contributed by atoms with E-state index in [9.17, 15) is 19.5 Å². The van der Waals surface area contributed by atoms with Crippen LogP contribution in [0, 0.1) is 0 Å². The fraction of sp³-hybridized carbons (Fsp3) is 0.393. The Morgan fingerprint density at radius 2 is 1.41 bits per heavy atom. The van der Waals surface area contributed by atoms with Crippen molar-refractivity contribution in [2.45, 2.75) is 45.3 Å².